The minimum atomic E-state index is 0.114. The lowest BCUT2D eigenvalue weighted by Gasteiger charge is -2.24. The molecule has 0 saturated heterocycles. The van der Waals surface area contributed by atoms with Crippen molar-refractivity contribution in [3.63, 3.8) is 0 Å². The zero-order chi connectivity index (χ0) is 18.9. The Balaban J connectivity index is 4.31. The Morgan fingerprint density at radius 3 is 1.12 bits per heavy atom. The second-order valence-electron chi connectivity index (χ2n) is 6.78. The first-order chi connectivity index (χ1) is 12.1. The molecule has 0 aliphatic rings. The molecule has 1 N–H and O–H groups in total. The van der Waals surface area contributed by atoms with Crippen molar-refractivity contribution in [2.45, 2.75) is 79.1 Å². The first kappa shape index (κ1) is 23.9. The number of hydrogen-bond acceptors (Lipinski definition) is 3. The van der Waals surface area contributed by atoms with Gasteiger partial charge in [-0.1, -0.05) is 53.4 Å². The third-order valence-corrected chi connectivity index (χ3v) is 4.38. The number of nitrogens with zero attached hydrogens (tertiary/aromatic N) is 2. The second kappa shape index (κ2) is 16.4. The molecule has 0 bridgehead atoms. The van der Waals surface area contributed by atoms with Crippen molar-refractivity contribution in [1.82, 2.24) is 15.1 Å². The maximum absolute atomic E-state index is 12.4. The zero-order valence-corrected chi connectivity index (χ0v) is 17.1. The zero-order valence-electron chi connectivity index (χ0n) is 17.1. The quantitative estimate of drug-likeness (QED) is 0.461. The maximum atomic E-state index is 12.4. The van der Waals surface area contributed by atoms with E-state index in [-0.39, 0.29) is 24.9 Å². The monoisotopic (exact) mass is 355 g/mol. The third kappa shape index (κ3) is 12.0. The number of rotatable bonds is 16. The predicted octanol–water partition coefficient (Wildman–Crippen LogP) is 3.43. The summed E-state index contributed by atoms with van der Waals surface area (Å²) in [5.74, 6) is 0.228. The average molecular weight is 356 g/mol. The van der Waals surface area contributed by atoms with E-state index in [0.717, 1.165) is 77.5 Å². The fourth-order valence-electron chi connectivity index (χ4n) is 2.62. The minimum absolute atomic E-state index is 0.114. The van der Waals surface area contributed by atoms with Gasteiger partial charge in [-0.25, -0.2) is 0 Å². The summed E-state index contributed by atoms with van der Waals surface area (Å²) >= 11 is 0. The summed E-state index contributed by atoms with van der Waals surface area (Å²) in [4.78, 5) is 28.7. The van der Waals surface area contributed by atoms with E-state index in [4.69, 9.17) is 0 Å². The van der Waals surface area contributed by atoms with E-state index < -0.39 is 0 Å². The molecule has 25 heavy (non-hydrogen) atoms. The van der Waals surface area contributed by atoms with Crippen LogP contribution in [-0.2, 0) is 9.59 Å². The third-order valence-electron chi connectivity index (χ3n) is 4.38. The Morgan fingerprint density at radius 2 is 0.880 bits per heavy atom. The lowest BCUT2D eigenvalue weighted by atomic mass is 10.2. The molecule has 0 aromatic carbocycles. The van der Waals surface area contributed by atoms with E-state index in [9.17, 15) is 9.59 Å². The Kier molecular flexibility index (Phi) is 15.7. The van der Waals surface area contributed by atoms with Crippen LogP contribution in [0.4, 0.5) is 0 Å². The summed E-state index contributed by atoms with van der Waals surface area (Å²) in [5.41, 5.74) is 0. The molecule has 2 amide bonds. The summed E-state index contributed by atoms with van der Waals surface area (Å²) in [6.45, 7) is 12.4. The van der Waals surface area contributed by atoms with Crippen molar-refractivity contribution in [1.29, 1.82) is 0 Å². The molecule has 148 valence electrons. The summed E-state index contributed by atoms with van der Waals surface area (Å²) < 4.78 is 0. The largest absolute Gasteiger partial charge is 0.342 e. The van der Waals surface area contributed by atoms with E-state index in [0.29, 0.717) is 0 Å². The van der Waals surface area contributed by atoms with Gasteiger partial charge in [-0.15, -0.1) is 0 Å². The summed E-state index contributed by atoms with van der Waals surface area (Å²) in [5, 5.41) is 3.07. The molecule has 0 saturated carbocycles. The fraction of sp³-hybridized carbons (Fsp3) is 0.900. The smallest absolute Gasteiger partial charge is 0.236 e. The van der Waals surface area contributed by atoms with Gasteiger partial charge in [0.2, 0.25) is 11.8 Å². The number of carbonyl (C=O) groups is 2. The summed E-state index contributed by atoms with van der Waals surface area (Å²) in [6.07, 6.45) is 8.51. The van der Waals surface area contributed by atoms with Crippen molar-refractivity contribution in [2.75, 3.05) is 39.3 Å². The standard InChI is InChI=1S/C20H41N3O2/c1-5-9-13-22(14-10-6-2)19(24)17-21-18-20(25)23(15-11-7-3)16-12-8-4/h21H,5-18H2,1-4H3. The van der Waals surface area contributed by atoms with Crippen LogP contribution in [0.5, 0.6) is 0 Å². The first-order valence-corrected chi connectivity index (χ1v) is 10.4. The van der Waals surface area contributed by atoms with Crippen molar-refractivity contribution in [3.8, 4) is 0 Å². The number of hydrogen-bond donors (Lipinski definition) is 1. The van der Waals surface area contributed by atoms with Crippen LogP contribution < -0.4 is 5.32 Å². The molecular weight excluding hydrogens is 314 g/mol. The lowest BCUT2D eigenvalue weighted by molar-refractivity contribution is -0.131. The molecule has 0 spiro atoms. The number of carbonyl (C=O) groups excluding carboxylic acids is 2. The number of amides is 2. The average Bonchev–Trinajstić information content (AvgIpc) is 2.61. The molecule has 0 aromatic heterocycles. The van der Waals surface area contributed by atoms with Gasteiger partial charge in [0.25, 0.3) is 0 Å². The molecule has 0 aliphatic carbocycles. The van der Waals surface area contributed by atoms with E-state index in [1.54, 1.807) is 0 Å². The molecule has 0 radical (unpaired) electrons. The molecule has 0 atom stereocenters. The highest BCUT2D eigenvalue weighted by Gasteiger charge is 2.15. The molecule has 0 heterocycles. The van der Waals surface area contributed by atoms with Crippen LogP contribution in [0.25, 0.3) is 0 Å². The van der Waals surface area contributed by atoms with Crippen LogP contribution in [0.2, 0.25) is 0 Å². The molecule has 5 nitrogen and oxygen atoms in total. The molecule has 0 rings (SSSR count). The highest BCUT2D eigenvalue weighted by molar-refractivity contribution is 5.81. The van der Waals surface area contributed by atoms with Crippen molar-refractivity contribution < 1.29 is 9.59 Å². The van der Waals surface area contributed by atoms with Gasteiger partial charge < -0.3 is 9.80 Å². The maximum Gasteiger partial charge on any atom is 0.236 e. The molecule has 0 unspecified atom stereocenters. The van der Waals surface area contributed by atoms with Gasteiger partial charge in [-0.2, -0.15) is 0 Å². The van der Waals surface area contributed by atoms with E-state index >= 15 is 0 Å². The topological polar surface area (TPSA) is 52.7 Å². The van der Waals surface area contributed by atoms with Gasteiger partial charge in [0.05, 0.1) is 13.1 Å². The Bertz CT molecular complexity index is 300. The highest BCUT2D eigenvalue weighted by atomic mass is 16.2. The van der Waals surface area contributed by atoms with Crippen molar-refractivity contribution in [2.24, 2.45) is 0 Å². The fourth-order valence-corrected chi connectivity index (χ4v) is 2.62. The summed E-state index contributed by atoms with van der Waals surface area (Å²) in [7, 11) is 0. The van der Waals surface area contributed by atoms with Crippen LogP contribution in [0, 0.1) is 0 Å². The molecule has 5 heteroatoms. The normalized spacial score (nSPS) is 10.7. The van der Waals surface area contributed by atoms with Gasteiger partial charge in [0.1, 0.15) is 0 Å². The Hall–Kier alpha value is -1.10. The Labute approximate surface area is 155 Å². The van der Waals surface area contributed by atoms with Crippen LogP contribution in [-0.4, -0.2) is 60.9 Å². The van der Waals surface area contributed by atoms with E-state index in [1.165, 1.54) is 0 Å². The van der Waals surface area contributed by atoms with Gasteiger partial charge in [0, 0.05) is 26.2 Å². The minimum Gasteiger partial charge on any atom is -0.342 e. The van der Waals surface area contributed by atoms with Crippen LogP contribution in [0.1, 0.15) is 79.1 Å². The molecule has 0 aromatic rings. The van der Waals surface area contributed by atoms with Gasteiger partial charge in [-0.3, -0.25) is 14.9 Å². The van der Waals surface area contributed by atoms with Gasteiger partial charge in [-0.05, 0) is 25.7 Å². The second-order valence-corrected chi connectivity index (χ2v) is 6.78. The van der Waals surface area contributed by atoms with Gasteiger partial charge >= 0.3 is 0 Å². The van der Waals surface area contributed by atoms with Gasteiger partial charge in [0.15, 0.2) is 0 Å². The van der Waals surface area contributed by atoms with E-state index in [2.05, 4.69) is 33.0 Å². The number of nitrogens with one attached hydrogen (secondary N) is 1. The van der Waals surface area contributed by atoms with Crippen molar-refractivity contribution >= 4 is 11.8 Å². The lowest BCUT2D eigenvalue weighted by Crippen LogP contribution is -2.44. The van der Waals surface area contributed by atoms with E-state index in [1.807, 2.05) is 9.80 Å². The molecule has 0 aliphatic heterocycles. The van der Waals surface area contributed by atoms with Crippen LogP contribution >= 0.6 is 0 Å². The van der Waals surface area contributed by atoms with Crippen LogP contribution in [0.3, 0.4) is 0 Å². The molecule has 0 fully saturated rings. The molecular formula is C20H41N3O2. The first-order valence-electron chi connectivity index (χ1n) is 10.4. The summed E-state index contributed by atoms with van der Waals surface area (Å²) in [6, 6.07) is 0. The van der Waals surface area contributed by atoms with Crippen molar-refractivity contribution in [3.05, 3.63) is 0 Å². The number of unbranched alkanes of at least 4 members (excludes halogenated alkanes) is 4. The SMILES string of the molecule is CCCCN(CCCC)C(=O)CNCC(=O)N(CCCC)CCCC. The predicted molar refractivity (Wildman–Crippen MR) is 106 cm³/mol. The highest BCUT2D eigenvalue weighted by Crippen LogP contribution is 2.01. The Morgan fingerprint density at radius 1 is 0.600 bits per heavy atom. The van der Waals surface area contributed by atoms with Crippen LogP contribution in [0.15, 0.2) is 0 Å².